The number of nitrogens with zero attached hydrogens (tertiary/aromatic N) is 1. The van der Waals surface area contributed by atoms with Gasteiger partial charge in [0, 0.05) is 5.56 Å². The van der Waals surface area contributed by atoms with Gasteiger partial charge in [0.1, 0.15) is 0 Å². The zero-order chi connectivity index (χ0) is 14.7. The summed E-state index contributed by atoms with van der Waals surface area (Å²) >= 11 is 0. The van der Waals surface area contributed by atoms with E-state index in [9.17, 15) is 4.79 Å². The van der Waals surface area contributed by atoms with Crippen LogP contribution in [0.5, 0.6) is 0 Å². The molecule has 3 nitrogen and oxygen atoms in total. The summed E-state index contributed by atoms with van der Waals surface area (Å²) in [7, 11) is 0. The maximum atomic E-state index is 11.3. The molecule has 0 saturated heterocycles. The fourth-order valence-corrected chi connectivity index (χ4v) is 2.31. The van der Waals surface area contributed by atoms with Gasteiger partial charge in [0.15, 0.2) is 12.4 Å². The van der Waals surface area contributed by atoms with E-state index in [-0.39, 0.29) is 0 Å². The molecule has 1 aliphatic heterocycles. The highest BCUT2D eigenvalue weighted by atomic mass is 16.5. The van der Waals surface area contributed by atoms with Gasteiger partial charge in [-0.2, -0.15) is 0 Å². The van der Waals surface area contributed by atoms with Crippen LogP contribution in [-0.4, -0.2) is 18.3 Å². The van der Waals surface area contributed by atoms with Gasteiger partial charge in [0.2, 0.25) is 5.90 Å². The van der Waals surface area contributed by atoms with Crippen LogP contribution < -0.4 is 0 Å². The minimum absolute atomic E-state index is 0.498. The van der Waals surface area contributed by atoms with Crippen LogP contribution in [0.2, 0.25) is 0 Å². The first-order valence-electron chi connectivity index (χ1n) is 6.82. The maximum Gasteiger partial charge on any atom is 0.222 e. The number of carbonyl (C=O) groups excluding carboxylic acids is 1. The molecule has 0 radical (unpaired) electrons. The second-order valence-electron chi connectivity index (χ2n) is 4.83. The second-order valence-corrected chi connectivity index (χ2v) is 4.83. The molecule has 0 aliphatic carbocycles. The van der Waals surface area contributed by atoms with Crippen LogP contribution in [0.4, 0.5) is 0 Å². The first-order chi connectivity index (χ1) is 10.3. The number of aliphatic imine (C=N–C) groups is 1. The van der Waals surface area contributed by atoms with Crippen molar-refractivity contribution >= 4 is 17.8 Å². The van der Waals surface area contributed by atoms with E-state index in [1.807, 2.05) is 67.6 Å². The minimum atomic E-state index is -0.639. The Labute approximate surface area is 123 Å². The predicted octanol–water partition coefficient (Wildman–Crippen LogP) is 3.46. The predicted molar refractivity (Wildman–Crippen MR) is 83.0 cm³/mol. The van der Waals surface area contributed by atoms with Gasteiger partial charge < -0.3 is 4.74 Å². The normalized spacial score (nSPS) is 19.7. The molecular weight excluding hydrogens is 262 g/mol. The number of allylic oxidation sites excluding steroid dienone is 1. The molecule has 3 heteroatoms. The molecule has 1 aliphatic rings. The van der Waals surface area contributed by atoms with Gasteiger partial charge in [-0.3, -0.25) is 4.79 Å². The van der Waals surface area contributed by atoms with Gasteiger partial charge in [0.25, 0.3) is 0 Å². The monoisotopic (exact) mass is 277 g/mol. The standard InChI is InChI=1S/C18H15NO2/c1-13(14-8-4-2-5-9-14)17-16(12-20)21-18(19-17)15-10-6-3-7-11-15/h2-12,16H,1H3/b17-13-. The molecule has 0 aromatic heterocycles. The molecule has 2 aromatic carbocycles. The number of benzene rings is 2. The Kier molecular flexibility index (Phi) is 3.65. The fraction of sp³-hybridized carbons (Fsp3) is 0.111. The van der Waals surface area contributed by atoms with Crippen molar-refractivity contribution < 1.29 is 9.53 Å². The lowest BCUT2D eigenvalue weighted by atomic mass is 10.0. The Morgan fingerprint density at radius 1 is 1.05 bits per heavy atom. The van der Waals surface area contributed by atoms with E-state index in [1.54, 1.807) is 0 Å². The smallest absolute Gasteiger partial charge is 0.222 e. The zero-order valence-corrected chi connectivity index (χ0v) is 11.7. The lowest BCUT2D eigenvalue weighted by Gasteiger charge is -2.08. The van der Waals surface area contributed by atoms with Crippen LogP contribution in [0.25, 0.3) is 5.57 Å². The summed E-state index contributed by atoms with van der Waals surface area (Å²) in [6.45, 7) is 1.96. The Hall–Kier alpha value is -2.68. The van der Waals surface area contributed by atoms with Crippen LogP contribution >= 0.6 is 0 Å². The Morgan fingerprint density at radius 3 is 2.29 bits per heavy atom. The molecule has 0 saturated carbocycles. The molecule has 0 fully saturated rings. The molecule has 0 N–H and O–H groups in total. The number of hydrogen-bond acceptors (Lipinski definition) is 3. The molecule has 1 unspecified atom stereocenters. The van der Waals surface area contributed by atoms with Crippen molar-refractivity contribution in [2.24, 2.45) is 4.99 Å². The molecule has 0 amide bonds. The van der Waals surface area contributed by atoms with Crippen molar-refractivity contribution in [2.75, 3.05) is 0 Å². The fourth-order valence-electron chi connectivity index (χ4n) is 2.31. The number of carbonyl (C=O) groups is 1. The topological polar surface area (TPSA) is 38.7 Å². The van der Waals surface area contributed by atoms with Gasteiger partial charge in [-0.1, -0.05) is 48.5 Å². The van der Waals surface area contributed by atoms with E-state index in [0.717, 1.165) is 23.0 Å². The average molecular weight is 277 g/mol. The van der Waals surface area contributed by atoms with E-state index in [4.69, 9.17) is 4.74 Å². The molecule has 0 bridgehead atoms. The lowest BCUT2D eigenvalue weighted by molar-refractivity contribution is -0.112. The lowest BCUT2D eigenvalue weighted by Crippen LogP contribution is -2.14. The average Bonchev–Trinajstić information content (AvgIpc) is 3.00. The van der Waals surface area contributed by atoms with E-state index >= 15 is 0 Å². The van der Waals surface area contributed by atoms with Crippen molar-refractivity contribution in [1.29, 1.82) is 0 Å². The molecule has 2 aromatic rings. The van der Waals surface area contributed by atoms with Crippen molar-refractivity contribution in [3.8, 4) is 0 Å². The van der Waals surface area contributed by atoms with E-state index < -0.39 is 6.10 Å². The van der Waals surface area contributed by atoms with Crippen molar-refractivity contribution in [1.82, 2.24) is 0 Å². The van der Waals surface area contributed by atoms with Crippen molar-refractivity contribution in [3.05, 3.63) is 77.5 Å². The number of hydrogen-bond donors (Lipinski definition) is 0. The number of aldehydes is 1. The summed E-state index contributed by atoms with van der Waals surface area (Å²) in [5.41, 5.74) is 3.55. The first kappa shape index (κ1) is 13.3. The molecule has 1 atom stereocenters. The number of rotatable bonds is 3. The summed E-state index contributed by atoms with van der Waals surface area (Å²) in [6, 6.07) is 19.5. The Bertz CT molecular complexity index is 703. The third-order valence-corrected chi connectivity index (χ3v) is 3.47. The third-order valence-electron chi connectivity index (χ3n) is 3.47. The Morgan fingerprint density at radius 2 is 1.67 bits per heavy atom. The summed E-state index contributed by atoms with van der Waals surface area (Å²) < 4.78 is 5.68. The van der Waals surface area contributed by atoms with Crippen LogP contribution in [-0.2, 0) is 9.53 Å². The molecule has 104 valence electrons. The zero-order valence-electron chi connectivity index (χ0n) is 11.7. The maximum absolute atomic E-state index is 11.3. The molecule has 21 heavy (non-hydrogen) atoms. The highest BCUT2D eigenvalue weighted by Crippen LogP contribution is 2.28. The molecule has 0 spiro atoms. The van der Waals surface area contributed by atoms with Crippen LogP contribution in [0.1, 0.15) is 18.1 Å². The third kappa shape index (κ3) is 2.63. The highest BCUT2D eigenvalue weighted by molar-refractivity contribution is 5.99. The summed E-state index contributed by atoms with van der Waals surface area (Å²) in [5.74, 6) is 0.498. The number of ether oxygens (including phenoxy) is 1. The van der Waals surface area contributed by atoms with Crippen molar-refractivity contribution in [3.63, 3.8) is 0 Å². The van der Waals surface area contributed by atoms with Crippen LogP contribution in [0, 0.1) is 0 Å². The minimum Gasteiger partial charge on any atom is -0.460 e. The van der Waals surface area contributed by atoms with E-state index in [1.165, 1.54) is 0 Å². The highest BCUT2D eigenvalue weighted by Gasteiger charge is 2.27. The van der Waals surface area contributed by atoms with Crippen LogP contribution in [0.15, 0.2) is 71.4 Å². The van der Waals surface area contributed by atoms with Gasteiger partial charge in [0.05, 0.1) is 5.70 Å². The SMILES string of the molecule is C/C(=C1/N=C(c2ccccc2)OC1C=O)c1ccccc1. The van der Waals surface area contributed by atoms with Crippen molar-refractivity contribution in [2.45, 2.75) is 13.0 Å². The van der Waals surface area contributed by atoms with Gasteiger partial charge >= 0.3 is 0 Å². The summed E-state index contributed by atoms with van der Waals surface area (Å²) in [4.78, 5) is 15.8. The quantitative estimate of drug-likeness (QED) is 0.806. The first-order valence-corrected chi connectivity index (χ1v) is 6.82. The van der Waals surface area contributed by atoms with Gasteiger partial charge in [-0.25, -0.2) is 4.99 Å². The van der Waals surface area contributed by atoms with Gasteiger partial charge in [-0.15, -0.1) is 0 Å². The summed E-state index contributed by atoms with van der Waals surface area (Å²) in [5, 5.41) is 0. The van der Waals surface area contributed by atoms with E-state index in [2.05, 4.69) is 4.99 Å². The molecule has 1 heterocycles. The molecular formula is C18H15NO2. The van der Waals surface area contributed by atoms with Gasteiger partial charge in [-0.05, 0) is 30.2 Å². The van der Waals surface area contributed by atoms with E-state index in [0.29, 0.717) is 11.6 Å². The second kappa shape index (κ2) is 5.75. The molecule has 3 rings (SSSR count). The largest absolute Gasteiger partial charge is 0.460 e. The summed E-state index contributed by atoms with van der Waals surface area (Å²) in [6.07, 6.45) is 0.154. The Balaban J connectivity index is 2.04. The van der Waals surface area contributed by atoms with Crippen LogP contribution in [0.3, 0.4) is 0 Å².